The predicted molar refractivity (Wildman–Crippen MR) is 86.5 cm³/mol. The molecule has 21 heavy (non-hydrogen) atoms. The highest BCUT2D eigenvalue weighted by Crippen LogP contribution is 2.23. The Bertz CT molecular complexity index is 644. The first-order chi connectivity index (χ1) is 9.95. The van der Waals surface area contributed by atoms with Gasteiger partial charge in [0, 0.05) is 16.8 Å². The smallest absolute Gasteiger partial charge is 0.339 e. The van der Waals surface area contributed by atoms with Crippen LogP contribution >= 0.6 is 34.5 Å². The number of hydrogen-bond acceptors (Lipinski definition) is 5. The Morgan fingerprint density at radius 3 is 2.81 bits per heavy atom. The molecular weight excluding hydrogens is 331 g/mol. The largest absolute Gasteiger partial charge is 0.459 e. The summed E-state index contributed by atoms with van der Waals surface area (Å²) in [6, 6.07) is 5.15. The van der Waals surface area contributed by atoms with Gasteiger partial charge in [-0.25, -0.2) is 9.78 Å². The molecule has 0 amide bonds. The van der Waals surface area contributed by atoms with Crippen LogP contribution in [-0.4, -0.2) is 17.1 Å². The summed E-state index contributed by atoms with van der Waals surface area (Å²) < 4.78 is 5.67. The Morgan fingerprint density at radius 2 is 2.19 bits per heavy atom. The molecule has 0 unspecified atom stereocenters. The molecule has 1 N–H and O–H groups in total. The Labute approximate surface area is 137 Å². The molecule has 0 aliphatic carbocycles. The molecule has 0 saturated carbocycles. The van der Waals surface area contributed by atoms with E-state index < -0.39 is 5.97 Å². The van der Waals surface area contributed by atoms with Crippen LogP contribution < -0.4 is 5.32 Å². The number of esters is 1. The van der Waals surface area contributed by atoms with E-state index >= 15 is 0 Å². The highest BCUT2D eigenvalue weighted by atomic mass is 35.5. The number of aromatic nitrogens is 1. The first-order valence-corrected chi connectivity index (χ1v) is 7.87. The van der Waals surface area contributed by atoms with Gasteiger partial charge < -0.3 is 10.1 Å². The first-order valence-electron chi connectivity index (χ1n) is 6.30. The van der Waals surface area contributed by atoms with Crippen LogP contribution in [0.25, 0.3) is 0 Å². The fraction of sp³-hybridized carbons (Fsp3) is 0.286. The number of benzene rings is 1. The molecule has 0 fully saturated rings. The van der Waals surface area contributed by atoms with Crippen molar-refractivity contribution >= 4 is 46.2 Å². The van der Waals surface area contributed by atoms with Crippen LogP contribution in [0.4, 0.5) is 5.69 Å². The highest BCUT2D eigenvalue weighted by Gasteiger charge is 2.14. The minimum atomic E-state index is -0.431. The molecule has 0 spiro atoms. The first kappa shape index (κ1) is 16.1. The Balaban J connectivity index is 2.09. The molecule has 0 atom stereocenters. The summed E-state index contributed by atoms with van der Waals surface area (Å²) in [5, 5.41) is 3.56. The second-order valence-electron chi connectivity index (χ2n) is 4.58. The van der Waals surface area contributed by atoms with Crippen molar-refractivity contribution in [3.05, 3.63) is 44.3 Å². The summed E-state index contributed by atoms with van der Waals surface area (Å²) in [5.41, 5.74) is 1.12. The van der Waals surface area contributed by atoms with Gasteiger partial charge in [-0.15, -0.1) is 11.3 Å². The molecular formula is C14H14Cl2N2O2S. The number of carbonyl (C=O) groups is 1. The standard InChI is InChI=1S/C14H14Cl2N2O2S/c1-8(2)20-13(19)11-5-9(3-4-12(11)15)17-6-10-7-18-14(16)21-10/h3-5,7-8,17H,6H2,1-2H3. The van der Waals surface area contributed by atoms with Crippen molar-refractivity contribution in [3.8, 4) is 0 Å². The third kappa shape index (κ3) is 4.59. The number of carbonyl (C=O) groups excluding carboxylic acids is 1. The Kier molecular flexibility index (Phi) is 5.45. The highest BCUT2D eigenvalue weighted by molar-refractivity contribution is 7.15. The summed E-state index contributed by atoms with van der Waals surface area (Å²) >= 11 is 13.2. The number of thiazole rings is 1. The van der Waals surface area contributed by atoms with E-state index in [0.29, 0.717) is 21.6 Å². The van der Waals surface area contributed by atoms with Crippen molar-refractivity contribution in [2.24, 2.45) is 0 Å². The molecule has 1 heterocycles. The molecule has 7 heteroatoms. The molecule has 0 saturated heterocycles. The number of nitrogens with zero attached hydrogens (tertiary/aromatic N) is 1. The number of halogens is 2. The normalized spacial score (nSPS) is 10.7. The van der Waals surface area contributed by atoms with Crippen molar-refractivity contribution in [3.63, 3.8) is 0 Å². The second-order valence-corrected chi connectivity index (χ2v) is 6.69. The van der Waals surface area contributed by atoms with E-state index in [1.807, 2.05) is 0 Å². The van der Waals surface area contributed by atoms with E-state index in [9.17, 15) is 4.79 Å². The maximum Gasteiger partial charge on any atom is 0.339 e. The Morgan fingerprint density at radius 1 is 1.43 bits per heavy atom. The van der Waals surface area contributed by atoms with Crippen LogP contribution in [0.2, 0.25) is 9.49 Å². The average Bonchev–Trinajstić information content (AvgIpc) is 2.82. The lowest BCUT2D eigenvalue weighted by Crippen LogP contribution is -2.12. The minimum absolute atomic E-state index is 0.190. The van der Waals surface area contributed by atoms with Gasteiger partial charge in [0.25, 0.3) is 0 Å². The van der Waals surface area contributed by atoms with Gasteiger partial charge in [0.15, 0.2) is 4.47 Å². The molecule has 0 radical (unpaired) electrons. The van der Waals surface area contributed by atoms with E-state index in [-0.39, 0.29) is 6.10 Å². The molecule has 0 aliphatic rings. The van der Waals surface area contributed by atoms with Crippen molar-refractivity contribution < 1.29 is 9.53 Å². The molecule has 0 bridgehead atoms. The number of hydrogen-bond donors (Lipinski definition) is 1. The molecule has 112 valence electrons. The van der Waals surface area contributed by atoms with Gasteiger partial charge in [-0.05, 0) is 32.0 Å². The third-order valence-corrected chi connectivity index (χ3v) is 3.97. The van der Waals surface area contributed by atoms with E-state index in [0.717, 1.165) is 10.6 Å². The summed E-state index contributed by atoms with van der Waals surface area (Å²) in [4.78, 5) is 16.9. The lowest BCUT2D eigenvalue weighted by molar-refractivity contribution is 0.0378. The van der Waals surface area contributed by atoms with Crippen molar-refractivity contribution in [1.29, 1.82) is 0 Å². The van der Waals surface area contributed by atoms with Gasteiger partial charge in [-0.1, -0.05) is 23.2 Å². The fourth-order valence-electron chi connectivity index (χ4n) is 1.62. The summed E-state index contributed by atoms with van der Waals surface area (Å²) in [6.07, 6.45) is 1.52. The van der Waals surface area contributed by atoms with Gasteiger partial charge >= 0.3 is 5.97 Å². The van der Waals surface area contributed by atoms with Crippen LogP contribution in [0.15, 0.2) is 24.4 Å². The van der Waals surface area contributed by atoms with Crippen molar-refractivity contribution in [2.75, 3.05) is 5.32 Å². The SMILES string of the molecule is CC(C)OC(=O)c1cc(NCc2cnc(Cl)s2)ccc1Cl. The van der Waals surface area contributed by atoms with Crippen molar-refractivity contribution in [2.45, 2.75) is 26.5 Å². The number of nitrogens with one attached hydrogen (secondary N) is 1. The molecule has 2 rings (SSSR count). The fourth-order valence-corrected chi connectivity index (χ4v) is 2.74. The van der Waals surface area contributed by atoms with Gasteiger partial charge in [0.1, 0.15) is 0 Å². The van der Waals surface area contributed by atoms with E-state index in [2.05, 4.69) is 10.3 Å². The topological polar surface area (TPSA) is 51.2 Å². The van der Waals surface area contributed by atoms with Gasteiger partial charge in [0.2, 0.25) is 0 Å². The quantitative estimate of drug-likeness (QED) is 0.803. The van der Waals surface area contributed by atoms with E-state index in [4.69, 9.17) is 27.9 Å². The van der Waals surface area contributed by atoms with Crippen molar-refractivity contribution in [1.82, 2.24) is 4.98 Å². The van der Waals surface area contributed by atoms with Gasteiger partial charge in [-0.2, -0.15) is 0 Å². The van der Waals surface area contributed by atoms with Crippen LogP contribution in [-0.2, 0) is 11.3 Å². The molecule has 2 aromatic rings. The zero-order valence-corrected chi connectivity index (χ0v) is 13.9. The zero-order valence-electron chi connectivity index (χ0n) is 11.5. The van der Waals surface area contributed by atoms with Crippen LogP contribution in [0, 0.1) is 0 Å². The average molecular weight is 345 g/mol. The van der Waals surface area contributed by atoms with Crippen LogP contribution in [0.3, 0.4) is 0 Å². The van der Waals surface area contributed by atoms with E-state index in [1.165, 1.54) is 11.3 Å². The van der Waals surface area contributed by atoms with Gasteiger partial charge in [0.05, 0.1) is 23.2 Å². The molecule has 1 aromatic carbocycles. The maximum atomic E-state index is 11.9. The minimum Gasteiger partial charge on any atom is -0.459 e. The van der Waals surface area contributed by atoms with E-state index in [1.54, 1.807) is 38.2 Å². The van der Waals surface area contributed by atoms with Crippen LogP contribution in [0.5, 0.6) is 0 Å². The number of ether oxygens (including phenoxy) is 1. The monoisotopic (exact) mass is 344 g/mol. The number of rotatable bonds is 5. The van der Waals surface area contributed by atoms with Gasteiger partial charge in [-0.3, -0.25) is 0 Å². The molecule has 1 aromatic heterocycles. The lowest BCUT2D eigenvalue weighted by Gasteiger charge is -2.11. The number of anilines is 1. The molecule has 4 nitrogen and oxygen atoms in total. The predicted octanol–water partition coefficient (Wildman–Crippen LogP) is 4.63. The second kappa shape index (κ2) is 7.11. The maximum absolute atomic E-state index is 11.9. The Hall–Kier alpha value is -1.30. The van der Waals surface area contributed by atoms with Crippen LogP contribution in [0.1, 0.15) is 29.1 Å². The summed E-state index contributed by atoms with van der Waals surface area (Å²) in [6.45, 7) is 4.16. The third-order valence-electron chi connectivity index (χ3n) is 2.52. The molecule has 0 aliphatic heterocycles. The zero-order chi connectivity index (χ0) is 15.4. The summed E-state index contributed by atoms with van der Waals surface area (Å²) in [5.74, 6) is -0.431. The summed E-state index contributed by atoms with van der Waals surface area (Å²) in [7, 11) is 0. The lowest BCUT2D eigenvalue weighted by atomic mass is 10.2.